The molecule has 0 atom stereocenters. The molecule has 0 aliphatic carbocycles. The zero-order valence-corrected chi connectivity index (χ0v) is 14.0. The number of thiocarbonyl (C=S) groups is 1. The van der Waals surface area contributed by atoms with Gasteiger partial charge in [-0.05, 0) is 73.9 Å². The number of ether oxygens (including phenoxy) is 1. The molecule has 0 fully saturated rings. The number of rotatable bonds is 7. The van der Waals surface area contributed by atoms with Crippen molar-refractivity contribution in [1.82, 2.24) is 5.32 Å². The smallest absolute Gasteiger partial charge is 0.170 e. The Kier molecular flexibility index (Phi) is 6.81. The minimum Gasteiger partial charge on any atom is -0.494 e. The van der Waals surface area contributed by atoms with Crippen LogP contribution in [0, 0.1) is 5.82 Å². The van der Waals surface area contributed by atoms with Crippen LogP contribution in [0.5, 0.6) is 5.75 Å². The van der Waals surface area contributed by atoms with E-state index in [9.17, 15) is 4.39 Å². The molecule has 122 valence electrons. The fraction of sp³-hybridized carbons (Fsp3) is 0.278. The predicted molar refractivity (Wildman–Crippen MR) is 96.6 cm³/mol. The SMILES string of the molecule is CCOc1ccc(CCCNC(=S)Nc2ccc(F)cc2)cc1. The maximum absolute atomic E-state index is 12.8. The van der Waals surface area contributed by atoms with E-state index in [0.717, 1.165) is 30.8 Å². The van der Waals surface area contributed by atoms with Crippen molar-refractivity contribution in [2.75, 3.05) is 18.5 Å². The summed E-state index contributed by atoms with van der Waals surface area (Å²) in [7, 11) is 0. The third-order valence-corrected chi connectivity index (χ3v) is 3.51. The van der Waals surface area contributed by atoms with Gasteiger partial charge < -0.3 is 15.4 Å². The van der Waals surface area contributed by atoms with Gasteiger partial charge in [-0.25, -0.2) is 4.39 Å². The summed E-state index contributed by atoms with van der Waals surface area (Å²) in [6.45, 7) is 3.43. The fourth-order valence-corrected chi connectivity index (χ4v) is 2.34. The van der Waals surface area contributed by atoms with Gasteiger partial charge in [0.15, 0.2) is 5.11 Å². The lowest BCUT2D eigenvalue weighted by atomic mass is 10.1. The van der Waals surface area contributed by atoms with Crippen molar-refractivity contribution in [2.45, 2.75) is 19.8 Å². The number of hydrogen-bond acceptors (Lipinski definition) is 2. The third kappa shape index (κ3) is 6.24. The maximum Gasteiger partial charge on any atom is 0.170 e. The minimum atomic E-state index is -0.259. The standard InChI is InChI=1S/C18H21FN2OS/c1-2-22-17-11-5-14(6-12-17)4-3-13-20-18(23)21-16-9-7-15(19)8-10-16/h5-12H,2-4,13H2,1H3,(H2,20,21,23). The van der Waals surface area contributed by atoms with Crippen molar-refractivity contribution in [3.63, 3.8) is 0 Å². The van der Waals surface area contributed by atoms with Crippen molar-refractivity contribution in [3.8, 4) is 5.75 Å². The molecule has 5 heteroatoms. The molecule has 2 N–H and O–H groups in total. The van der Waals surface area contributed by atoms with Gasteiger partial charge in [-0.15, -0.1) is 0 Å². The molecule has 2 rings (SSSR count). The van der Waals surface area contributed by atoms with Crippen LogP contribution in [-0.4, -0.2) is 18.3 Å². The van der Waals surface area contributed by atoms with Crippen LogP contribution < -0.4 is 15.4 Å². The van der Waals surface area contributed by atoms with Gasteiger partial charge in [-0.3, -0.25) is 0 Å². The summed E-state index contributed by atoms with van der Waals surface area (Å²) in [5.74, 6) is 0.642. The van der Waals surface area contributed by atoms with Crippen molar-refractivity contribution in [3.05, 3.63) is 59.9 Å². The molecule has 0 aromatic heterocycles. The Bertz CT molecular complexity index is 614. The van der Waals surface area contributed by atoms with E-state index in [0.29, 0.717) is 11.7 Å². The third-order valence-electron chi connectivity index (χ3n) is 3.26. The Morgan fingerprint density at radius 1 is 1.09 bits per heavy atom. The molecule has 23 heavy (non-hydrogen) atoms. The Hall–Kier alpha value is -2.14. The highest BCUT2D eigenvalue weighted by Gasteiger charge is 1.99. The van der Waals surface area contributed by atoms with E-state index in [1.54, 1.807) is 12.1 Å². The predicted octanol–water partition coefficient (Wildman–Crippen LogP) is 4.14. The highest BCUT2D eigenvalue weighted by Crippen LogP contribution is 2.13. The van der Waals surface area contributed by atoms with E-state index in [-0.39, 0.29) is 5.82 Å². The Labute approximate surface area is 141 Å². The summed E-state index contributed by atoms with van der Waals surface area (Å²) in [4.78, 5) is 0. The number of nitrogens with one attached hydrogen (secondary N) is 2. The van der Waals surface area contributed by atoms with Gasteiger partial charge in [0, 0.05) is 12.2 Å². The van der Waals surface area contributed by atoms with Crippen LogP contribution in [0.1, 0.15) is 18.9 Å². The zero-order chi connectivity index (χ0) is 16.5. The maximum atomic E-state index is 12.8. The zero-order valence-electron chi connectivity index (χ0n) is 13.1. The molecule has 0 aliphatic rings. The first kappa shape index (κ1) is 17.2. The molecule has 0 radical (unpaired) electrons. The average molecular weight is 332 g/mol. The lowest BCUT2D eigenvalue weighted by Gasteiger charge is -2.10. The highest BCUT2D eigenvalue weighted by atomic mass is 32.1. The summed E-state index contributed by atoms with van der Waals surface area (Å²) in [6.07, 6.45) is 1.94. The monoisotopic (exact) mass is 332 g/mol. The van der Waals surface area contributed by atoms with Crippen LogP contribution in [0.25, 0.3) is 0 Å². The summed E-state index contributed by atoms with van der Waals surface area (Å²) < 4.78 is 18.2. The van der Waals surface area contributed by atoms with Crippen LogP contribution in [0.3, 0.4) is 0 Å². The first-order chi connectivity index (χ1) is 11.2. The summed E-state index contributed by atoms with van der Waals surface area (Å²) in [5, 5.41) is 6.72. The largest absolute Gasteiger partial charge is 0.494 e. The van der Waals surface area contributed by atoms with Crippen molar-refractivity contribution in [2.24, 2.45) is 0 Å². The van der Waals surface area contributed by atoms with Gasteiger partial charge in [0.1, 0.15) is 11.6 Å². The fourth-order valence-electron chi connectivity index (χ4n) is 2.12. The quantitative estimate of drug-likeness (QED) is 0.590. The average Bonchev–Trinajstić information content (AvgIpc) is 2.55. The number of halogens is 1. The van der Waals surface area contributed by atoms with Gasteiger partial charge in [0.05, 0.1) is 6.61 Å². The van der Waals surface area contributed by atoms with E-state index >= 15 is 0 Å². The van der Waals surface area contributed by atoms with Gasteiger partial charge in [-0.1, -0.05) is 12.1 Å². The molecule has 0 bridgehead atoms. The summed E-state index contributed by atoms with van der Waals surface area (Å²) in [5.41, 5.74) is 2.04. The summed E-state index contributed by atoms with van der Waals surface area (Å²) in [6, 6.07) is 14.3. The Balaban J connectivity index is 1.66. The van der Waals surface area contributed by atoms with Gasteiger partial charge in [-0.2, -0.15) is 0 Å². The van der Waals surface area contributed by atoms with E-state index in [2.05, 4.69) is 22.8 Å². The molecule has 0 unspecified atom stereocenters. The van der Waals surface area contributed by atoms with Crippen molar-refractivity contribution < 1.29 is 9.13 Å². The Morgan fingerprint density at radius 3 is 2.43 bits per heavy atom. The number of benzene rings is 2. The second-order valence-electron chi connectivity index (χ2n) is 5.07. The second-order valence-corrected chi connectivity index (χ2v) is 5.48. The van der Waals surface area contributed by atoms with Crippen molar-refractivity contribution in [1.29, 1.82) is 0 Å². The molecule has 0 spiro atoms. The van der Waals surface area contributed by atoms with E-state index < -0.39 is 0 Å². The van der Waals surface area contributed by atoms with Crippen LogP contribution in [0.4, 0.5) is 10.1 Å². The normalized spacial score (nSPS) is 10.2. The van der Waals surface area contributed by atoms with Gasteiger partial charge >= 0.3 is 0 Å². The molecule has 0 amide bonds. The van der Waals surface area contributed by atoms with Gasteiger partial charge in [0.25, 0.3) is 0 Å². The molecule has 2 aromatic carbocycles. The molecule has 0 saturated carbocycles. The topological polar surface area (TPSA) is 33.3 Å². The van der Waals surface area contributed by atoms with Crippen molar-refractivity contribution >= 4 is 23.0 Å². The van der Waals surface area contributed by atoms with Crippen LogP contribution in [0.15, 0.2) is 48.5 Å². The molecular formula is C18H21FN2OS. The van der Waals surface area contributed by atoms with Crippen LogP contribution in [0.2, 0.25) is 0 Å². The molecule has 0 aliphatic heterocycles. The van der Waals surface area contributed by atoms with Crippen LogP contribution >= 0.6 is 12.2 Å². The molecular weight excluding hydrogens is 311 g/mol. The first-order valence-electron chi connectivity index (χ1n) is 7.69. The number of hydrogen-bond donors (Lipinski definition) is 2. The summed E-state index contributed by atoms with van der Waals surface area (Å²) >= 11 is 5.21. The lowest BCUT2D eigenvalue weighted by molar-refractivity contribution is 0.340. The minimum absolute atomic E-state index is 0.259. The first-order valence-corrected chi connectivity index (χ1v) is 8.10. The lowest BCUT2D eigenvalue weighted by Crippen LogP contribution is -2.29. The highest BCUT2D eigenvalue weighted by molar-refractivity contribution is 7.80. The van der Waals surface area contributed by atoms with Gasteiger partial charge in [0.2, 0.25) is 0 Å². The number of anilines is 1. The number of aryl methyl sites for hydroxylation is 1. The second kappa shape index (κ2) is 9.10. The molecule has 0 saturated heterocycles. The molecule has 0 heterocycles. The molecule has 2 aromatic rings. The van der Waals surface area contributed by atoms with Crippen LogP contribution in [-0.2, 0) is 6.42 Å². The Morgan fingerprint density at radius 2 is 1.78 bits per heavy atom. The molecule has 3 nitrogen and oxygen atoms in total. The van der Waals surface area contributed by atoms with E-state index in [1.807, 2.05) is 19.1 Å². The van der Waals surface area contributed by atoms with E-state index in [1.165, 1.54) is 17.7 Å². The van der Waals surface area contributed by atoms with E-state index in [4.69, 9.17) is 17.0 Å².